The van der Waals surface area contributed by atoms with Gasteiger partial charge in [0.1, 0.15) is 5.15 Å². The molecule has 1 unspecified atom stereocenters. The third-order valence-electron chi connectivity index (χ3n) is 3.10. The molecule has 4 nitrogen and oxygen atoms in total. The molecule has 1 heterocycles. The molecule has 2 aromatic rings. The Morgan fingerprint density at radius 3 is 2.71 bits per heavy atom. The first-order chi connectivity index (χ1) is 9.95. The van der Waals surface area contributed by atoms with Crippen molar-refractivity contribution in [3.8, 4) is 0 Å². The van der Waals surface area contributed by atoms with Gasteiger partial charge in [0.2, 0.25) is 5.91 Å². The number of pyridine rings is 1. The molecule has 0 saturated carbocycles. The molecule has 0 bridgehead atoms. The number of hydrogen-bond acceptors (Lipinski definition) is 3. The van der Waals surface area contributed by atoms with Crippen LogP contribution in [-0.4, -0.2) is 10.9 Å². The summed E-state index contributed by atoms with van der Waals surface area (Å²) >= 11 is 5.92. The van der Waals surface area contributed by atoms with Crippen LogP contribution in [0.1, 0.15) is 31.0 Å². The van der Waals surface area contributed by atoms with Crippen molar-refractivity contribution in [3.63, 3.8) is 0 Å². The van der Waals surface area contributed by atoms with E-state index in [1.165, 1.54) is 6.92 Å². The Balaban J connectivity index is 2.14. The third-order valence-corrected chi connectivity index (χ3v) is 3.50. The second-order valence-corrected chi connectivity index (χ2v) is 5.36. The zero-order valence-electron chi connectivity index (χ0n) is 12.3. The average Bonchev–Trinajstić information content (AvgIpc) is 2.42. The smallest absolute Gasteiger partial charge is 0.221 e. The molecule has 0 aliphatic carbocycles. The van der Waals surface area contributed by atoms with Gasteiger partial charge in [-0.15, -0.1) is 0 Å². The van der Waals surface area contributed by atoms with Crippen LogP contribution < -0.4 is 10.6 Å². The minimum absolute atomic E-state index is 0.0784. The number of halogens is 1. The Kier molecular flexibility index (Phi) is 4.81. The molecule has 110 valence electrons. The highest BCUT2D eigenvalue weighted by Gasteiger charge is 2.08. The SMILES string of the molecule is CC(=O)Nc1cccc(C(C)Nc2cnc(Cl)c(C)c2)c1. The molecule has 0 aliphatic heterocycles. The average molecular weight is 304 g/mol. The monoisotopic (exact) mass is 303 g/mol. The van der Waals surface area contributed by atoms with Crippen LogP contribution in [0.4, 0.5) is 11.4 Å². The number of anilines is 2. The molecule has 0 aliphatic rings. The van der Waals surface area contributed by atoms with E-state index in [2.05, 4.69) is 22.5 Å². The van der Waals surface area contributed by atoms with Gasteiger partial charge in [0.05, 0.1) is 11.9 Å². The molecule has 2 N–H and O–H groups in total. The van der Waals surface area contributed by atoms with Gasteiger partial charge in [-0.1, -0.05) is 23.7 Å². The van der Waals surface area contributed by atoms with Gasteiger partial charge in [-0.2, -0.15) is 0 Å². The number of rotatable bonds is 4. The maximum atomic E-state index is 11.1. The number of carbonyl (C=O) groups is 1. The van der Waals surface area contributed by atoms with Crippen molar-refractivity contribution >= 4 is 28.9 Å². The van der Waals surface area contributed by atoms with E-state index in [1.54, 1.807) is 6.20 Å². The van der Waals surface area contributed by atoms with Gasteiger partial charge in [0.15, 0.2) is 0 Å². The predicted octanol–water partition coefficient (Wildman–Crippen LogP) is 4.17. The summed E-state index contributed by atoms with van der Waals surface area (Å²) in [7, 11) is 0. The van der Waals surface area contributed by atoms with Crippen LogP contribution in [-0.2, 0) is 4.79 Å². The van der Waals surface area contributed by atoms with E-state index < -0.39 is 0 Å². The van der Waals surface area contributed by atoms with E-state index in [-0.39, 0.29) is 11.9 Å². The van der Waals surface area contributed by atoms with Gasteiger partial charge in [-0.05, 0) is 43.2 Å². The number of aromatic nitrogens is 1. The van der Waals surface area contributed by atoms with Crippen molar-refractivity contribution in [2.24, 2.45) is 0 Å². The number of hydrogen-bond donors (Lipinski definition) is 2. The van der Waals surface area contributed by atoms with E-state index in [1.807, 2.05) is 37.3 Å². The summed E-state index contributed by atoms with van der Waals surface area (Å²) in [6.45, 7) is 5.47. The molecular weight excluding hydrogens is 286 g/mol. The lowest BCUT2D eigenvalue weighted by atomic mass is 10.1. The van der Waals surface area contributed by atoms with Gasteiger partial charge in [0, 0.05) is 18.7 Å². The highest BCUT2D eigenvalue weighted by atomic mass is 35.5. The highest BCUT2D eigenvalue weighted by Crippen LogP contribution is 2.23. The maximum absolute atomic E-state index is 11.1. The van der Waals surface area contributed by atoms with Gasteiger partial charge < -0.3 is 10.6 Å². The van der Waals surface area contributed by atoms with E-state index in [0.29, 0.717) is 5.15 Å². The van der Waals surface area contributed by atoms with Crippen molar-refractivity contribution in [2.45, 2.75) is 26.8 Å². The third kappa shape index (κ3) is 4.20. The lowest BCUT2D eigenvalue weighted by Gasteiger charge is -2.17. The van der Waals surface area contributed by atoms with Crippen LogP contribution in [0.25, 0.3) is 0 Å². The fourth-order valence-electron chi connectivity index (χ4n) is 2.06. The van der Waals surface area contributed by atoms with Gasteiger partial charge in [-0.25, -0.2) is 4.98 Å². The molecule has 1 aromatic heterocycles. The van der Waals surface area contributed by atoms with Crippen LogP contribution in [0.3, 0.4) is 0 Å². The van der Waals surface area contributed by atoms with E-state index >= 15 is 0 Å². The fraction of sp³-hybridized carbons (Fsp3) is 0.250. The van der Waals surface area contributed by atoms with Crippen molar-refractivity contribution in [2.75, 3.05) is 10.6 Å². The van der Waals surface area contributed by atoms with Crippen LogP contribution in [0.5, 0.6) is 0 Å². The number of nitrogens with zero attached hydrogens (tertiary/aromatic N) is 1. The fourth-order valence-corrected chi connectivity index (χ4v) is 2.16. The van der Waals surface area contributed by atoms with Crippen LogP contribution in [0.15, 0.2) is 36.5 Å². The largest absolute Gasteiger partial charge is 0.377 e. The Morgan fingerprint density at radius 1 is 1.29 bits per heavy atom. The molecule has 0 fully saturated rings. The number of nitrogens with one attached hydrogen (secondary N) is 2. The van der Waals surface area contributed by atoms with Crippen LogP contribution in [0, 0.1) is 6.92 Å². The van der Waals surface area contributed by atoms with E-state index in [0.717, 1.165) is 22.5 Å². The van der Waals surface area contributed by atoms with Gasteiger partial charge in [-0.3, -0.25) is 4.79 Å². The number of aryl methyl sites for hydroxylation is 1. The molecule has 21 heavy (non-hydrogen) atoms. The maximum Gasteiger partial charge on any atom is 0.221 e. The minimum atomic E-state index is -0.0784. The van der Waals surface area contributed by atoms with Crippen LogP contribution in [0.2, 0.25) is 5.15 Å². The Morgan fingerprint density at radius 2 is 2.05 bits per heavy atom. The summed E-state index contributed by atoms with van der Waals surface area (Å²) in [5.74, 6) is -0.0784. The van der Waals surface area contributed by atoms with E-state index in [4.69, 9.17) is 11.6 Å². The molecule has 0 spiro atoms. The Hall–Kier alpha value is -2.07. The highest BCUT2D eigenvalue weighted by molar-refractivity contribution is 6.30. The Labute approximate surface area is 129 Å². The summed E-state index contributed by atoms with van der Waals surface area (Å²) in [4.78, 5) is 15.2. The molecule has 0 saturated heterocycles. The molecule has 5 heteroatoms. The first kappa shape index (κ1) is 15.3. The van der Waals surface area contributed by atoms with Crippen molar-refractivity contribution < 1.29 is 4.79 Å². The predicted molar refractivity (Wildman–Crippen MR) is 86.8 cm³/mol. The van der Waals surface area contributed by atoms with Gasteiger partial charge in [0.25, 0.3) is 0 Å². The van der Waals surface area contributed by atoms with Crippen molar-refractivity contribution in [1.82, 2.24) is 4.98 Å². The first-order valence-corrected chi connectivity index (χ1v) is 7.09. The quantitative estimate of drug-likeness (QED) is 0.833. The summed E-state index contributed by atoms with van der Waals surface area (Å²) in [5, 5.41) is 6.67. The minimum Gasteiger partial charge on any atom is -0.377 e. The van der Waals surface area contributed by atoms with Crippen molar-refractivity contribution in [1.29, 1.82) is 0 Å². The van der Waals surface area contributed by atoms with Crippen LogP contribution >= 0.6 is 11.6 Å². The molecule has 1 aromatic carbocycles. The summed E-state index contributed by atoms with van der Waals surface area (Å²) < 4.78 is 0. The van der Waals surface area contributed by atoms with Crippen molar-refractivity contribution in [3.05, 3.63) is 52.8 Å². The van der Waals surface area contributed by atoms with Gasteiger partial charge >= 0.3 is 0 Å². The topological polar surface area (TPSA) is 54.0 Å². The molecule has 1 amide bonds. The Bertz CT molecular complexity index is 658. The number of amides is 1. The molecular formula is C16H18ClN3O. The number of carbonyl (C=O) groups excluding carboxylic acids is 1. The first-order valence-electron chi connectivity index (χ1n) is 6.72. The normalized spacial score (nSPS) is 11.8. The zero-order chi connectivity index (χ0) is 15.4. The molecule has 0 radical (unpaired) electrons. The molecule has 2 rings (SSSR count). The summed E-state index contributed by atoms with van der Waals surface area (Å²) in [5.41, 5.74) is 3.71. The second kappa shape index (κ2) is 6.59. The lowest BCUT2D eigenvalue weighted by molar-refractivity contribution is -0.114. The second-order valence-electron chi connectivity index (χ2n) is 5.00. The molecule has 1 atom stereocenters. The summed E-state index contributed by atoms with van der Waals surface area (Å²) in [6, 6.07) is 9.80. The standard InChI is InChI=1S/C16H18ClN3O/c1-10-7-15(9-18-16(10)17)19-11(2)13-5-4-6-14(8-13)20-12(3)21/h4-9,11,19H,1-3H3,(H,20,21). The lowest BCUT2D eigenvalue weighted by Crippen LogP contribution is -2.09. The zero-order valence-corrected chi connectivity index (χ0v) is 13.0. The summed E-state index contributed by atoms with van der Waals surface area (Å²) in [6.07, 6.45) is 1.71. The number of benzene rings is 1. The van der Waals surface area contributed by atoms with E-state index in [9.17, 15) is 4.79 Å².